The van der Waals surface area contributed by atoms with E-state index < -0.39 is 0 Å². The van der Waals surface area contributed by atoms with E-state index in [1.54, 1.807) is 12.1 Å². The predicted octanol–water partition coefficient (Wildman–Crippen LogP) is 2.76. The average Bonchev–Trinajstić information content (AvgIpc) is 2.92. The van der Waals surface area contributed by atoms with E-state index in [4.69, 9.17) is 0 Å². The largest absolute Gasteiger partial charge is 0.344 e. The maximum Gasteiger partial charge on any atom is 0.271 e. The molecule has 0 saturated carbocycles. The highest BCUT2D eigenvalue weighted by Gasteiger charge is 2.18. The van der Waals surface area contributed by atoms with Gasteiger partial charge in [0.05, 0.1) is 11.8 Å². The first-order valence-corrected chi connectivity index (χ1v) is 7.99. The lowest BCUT2D eigenvalue weighted by Gasteiger charge is -2.13. The topological polar surface area (TPSA) is 46.9 Å². The number of thioether (sulfide) groups is 1. The second-order valence-corrected chi connectivity index (χ2v) is 6.14. The van der Waals surface area contributed by atoms with Crippen LogP contribution in [-0.4, -0.2) is 21.2 Å². The van der Waals surface area contributed by atoms with Crippen LogP contribution in [0.4, 0.5) is 4.39 Å². The van der Waals surface area contributed by atoms with Gasteiger partial charge in [-0.2, -0.15) is 11.8 Å². The first-order chi connectivity index (χ1) is 10.1. The summed E-state index contributed by atoms with van der Waals surface area (Å²) in [4.78, 5) is 16.6. The Hall–Kier alpha value is -1.82. The van der Waals surface area contributed by atoms with Gasteiger partial charge in [0.15, 0.2) is 0 Å². The number of aryl methyl sites for hydroxylation is 1. The highest BCUT2D eigenvalue weighted by molar-refractivity contribution is 7.98. The zero-order valence-corrected chi connectivity index (χ0v) is 12.5. The summed E-state index contributed by atoms with van der Waals surface area (Å²) in [6, 6.07) is 5.95. The molecule has 2 aromatic rings. The van der Waals surface area contributed by atoms with Crippen LogP contribution in [0.25, 0.3) is 0 Å². The summed E-state index contributed by atoms with van der Waals surface area (Å²) in [5, 5.41) is 2.90. The summed E-state index contributed by atoms with van der Waals surface area (Å²) in [6.45, 7) is 2.77. The van der Waals surface area contributed by atoms with Gasteiger partial charge < -0.3 is 9.88 Å². The summed E-state index contributed by atoms with van der Waals surface area (Å²) in [5.41, 5.74) is 1.31. The fraction of sp³-hybridized carbons (Fsp3) is 0.333. The van der Waals surface area contributed by atoms with E-state index in [1.807, 2.05) is 29.4 Å². The van der Waals surface area contributed by atoms with Crippen LogP contribution in [0.15, 0.2) is 30.5 Å². The van der Waals surface area contributed by atoms with Crippen LogP contribution < -0.4 is 5.32 Å². The Morgan fingerprint density at radius 2 is 2.19 bits per heavy atom. The van der Waals surface area contributed by atoms with E-state index in [9.17, 15) is 9.18 Å². The monoisotopic (exact) mass is 305 g/mol. The third-order valence-electron chi connectivity index (χ3n) is 3.52. The number of carbonyl (C=O) groups is 1. The van der Waals surface area contributed by atoms with E-state index in [1.165, 1.54) is 12.1 Å². The summed E-state index contributed by atoms with van der Waals surface area (Å²) < 4.78 is 14.9. The molecule has 0 unspecified atom stereocenters. The van der Waals surface area contributed by atoms with E-state index in [-0.39, 0.29) is 17.8 Å². The van der Waals surface area contributed by atoms with Crippen LogP contribution in [0.5, 0.6) is 0 Å². The molecule has 0 bridgehead atoms. The number of hydrogen-bond donors (Lipinski definition) is 1. The molecule has 6 heteroatoms. The van der Waals surface area contributed by atoms with Crippen molar-refractivity contribution in [1.82, 2.24) is 14.9 Å². The van der Waals surface area contributed by atoms with Crippen LogP contribution in [0, 0.1) is 5.82 Å². The highest BCUT2D eigenvalue weighted by atomic mass is 32.2. The molecule has 3 rings (SSSR count). The Labute approximate surface area is 126 Å². The van der Waals surface area contributed by atoms with Crippen LogP contribution in [0.1, 0.15) is 34.8 Å². The van der Waals surface area contributed by atoms with Crippen molar-refractivity contribution in [2.75, 3.05) is 5.75 Å². The number of fused-ring (bicyclic) bond motifs is 1. The maximum absolute atomic E-state index is 12.9. The Balaban J connectivity index is 1.70. The highest BCUT2D eigenvalue weighted by Crippen LogP contribution is 2.19. The first-order valence-electron chi connectivity index (χ1n) is 6.83. The van der Waals surface area contributed by atoms with Crippen molar-refractivity contribution in [1.29, 1.82) is 0 Å². The van der Waals surface area contributed by atoms with Crippen LogP contribution >= 0.6 is 11.8 Å². The van der Waals surface area contributed by atoms with Gasteiger partial charge in [0, 0.05) is 18.5 Å². The molecular formula is C15H16FN3OS. The molecule has 1 atom stereocenters. The van der Waals surface area contributed by atoms with Gasteiger partial charge in [-0.3, -0.25) is 4.79 Å². The molecule has 0 saturated heterocycles. The minimum Gasteiger partial charge on any atom is -0.344 e. The fourth-order valence-corrected chi connectivity index (χ4v) is 3.19. The SMILES string of the molecule is C[C@@H](NC(=O)c1cn2c(n1)CSCC2)c1ccc(F)cc1. The molecule has 1 aromatic carbocycles. The Morgan fingerprint density at radius 3 is 2.90 bits per heavy atom. The molecule has 1 N–H and O–H groups in total. The number of aromatic nitrogens is 2. The zero-order valence-electron chi connectivity index (χ0n) is 11.7. The third kappa shape index (κ3) is 3.10. The Kier molecular flexibility index (Phi) is 3.96. The number of benzene rings is 1. The smallest absolute Gasteiger partial charge is 0.271 e. The Bertz CT molecular complexity index is 630. The van der Waals surface area contributed by atoms with Crippen LogP contribution in [-0.2, 0) is 12.3 Å². The first kappa shape index (κ1) is 14.1. The molecule has 21 heavy (non-hydrogen) atoms. The molecule has 0 fully saturated rings. The predicted molar refractivity (Wildman–Crippen MR) is 80.7 cm³/mol. The number of amides is 1. The molecule has 1 aliphatic heterocycles. The standard InChI is InChI=1S/C15H16FN3OS/c1-10(11-2-4-12(16)5-3-11)17-15(20)13-8-19-6-7-21-9-14(19)18-13/h2-5,8,10H,6-7,9H2,1H3,(H,17,20)/t10-/m1/s1. The molecule has 2 heterocycles. The third-order valence-corrected chi connectivity index (χ3v) is 4.45. The van der Waals surface area contributed by atoms with Crippen molar-refractivity contribution >= 4 is 17.7 Å². The second-order valence-electron chi connectivity index (χ2n) is 5.04. The molecule has 1 amide bonds. The van der Waals surface area contributed by atoms with Crippen molar-refractivity contribution in [3.8, 4) is 0 Å². The molecular weight excluding hydrogens is 289 g/mol. The van der Waals surface area contributed by atoms with Crippen molar-refractivity contribution in [2.24, 2.45) is 0 Å². The van der Waals surface area contributed by atoms with Crippen molar-refractivity contribution in [3.63, 3.8) is 0 Å². The number of nitrogens with zero attached hydrogens (tertiary/aromatic N) is 2. The number of halogens is 1. The Morgan fingerprint density at radius 1 is 1.43 bits per heavy atom. The van der Waals surface area contributed by atoms with Gasteiger partial charge in [0.25, 0.3) is 5.91 Å². The van der Waals surface area contributed by atoms with Gasteiger partial charge in [-0.15, -0.1) is 0 Å². The van der Waals surface area contributed by atoms with Gasteiger partial charge in [-0.25, -0.2) is 9.37 Å². The minimum absolute atomic E-state index is 0.189. The number of nitrogens with one attached hydrogen (secondary N) is 1. The number of hydrogen-bond acceptors (Lipinski definition) is 3. The molecule has 0 spiro atoms. The number of carbonyl (C=O) groups excluding carboxylic acids is 1. The van der Waals surface area contributed by atoms with Gasteiger partial charge in [-0.05, 0) is 24.6 Å². The van der Waals surface area contributed by atoms with Crippen LogP contribution in [0.2, 0.25) is 0 Å². The summed E-state index contributed by atoms with van der Waals surface area (Å²) >= 11 is 1.82. The summed E-state index contributed by atoms with van der Waals surface area (Å²) in [5.74, 6) is 2.37. The average molecular weight is 305 g/mol. The lowest BCUT2D eigenvalue weighted by atomic mass is 10.1. The molecule has 1 aromatic heterocycles. The van der Waals surface area contributed by atoms with E-state index in [0.29, 0.717) is 5.69 Å². The summed E-state index contributed by atoms with van der Waals surface area (Å²) in [7, 11) is 0. The van der Waals surface area contributed by atoms with E-state index in [0.717, 1.165) is 29.4 Å². The second kappa shape index (κ2) is 5.89. The normalized spacial score (nSPS) is 15.3. The van der Waals surface area contributed by atoms with Gasteiger partial charge in [0.1, 0.15) is 17.3 Å². The van der Waals surface area contributed by atoms with E-state index >= 15 is 0 Å². The van der Waals surface area contributed by atoms with Gasteiger partial charge in [-0.1, -0.05) is 12.1 Å². The maximum atomic E-state index is 12.9. The van der Waals surface area contributed by atoms with Crippen molar-refractivity contribution in [2.45, 2.75) is 25.3 Å². The van der Waals surface area contributed by atoms with Crippen molar-refractivity contribution in [3.05, 3.63) is 53.4 Å². The van der Waals surface area contributed by atoms with Crippen molar-refractivity contribution < 1.29 is 9.18 Å². The lowest BCUT2D eigenvalue weighted by Crippen LogP contribution is -2.27. The molecule has 0 aliphatic carbocycles. The van der Waals surface area contributed by atoms with Crippen LogP contribution in [0.3, 0.4) is 0 Å². The fourth-order valence-electron chi connectivity index (χ4n) is 2.30. The van der Waals surface area contributed by atoms with Gasteiger partial charge >= 0.3 is 0 Å². The van der Waals surface area contributed by atoms with Gasteiger partial charge in [0.2, 0.25) is 0 Å². The lowest BCUT2D eigenvalue weighted by molar-refractivity contribution is 0.0935. The molecule has 1 aliphatic rings. The molecule has 4 nitrogen and oxygen atoms in total. The zero-order chi connectivity index (χ0) is 14.8. The molecule has 110 valence electrons. The van der Waals surface area contributed by atoms with E-state index in [2.05, 4.69) is 10.3 Å². The minimum atomic E-state index is -0.281. The number of rotatable bonds is 3. The summed E-state index contributed by atoms with van der Waals surface area (Å²) in [6.07, 6.45) is 1.81. The quantitative estimate of drug-likeness (QED) is 0.948. The molecule has 0 radical (unpaired) electrons. The number of imidazole rings is 1.